The van der Waals surface area contributed by atoms with Crippen LogP contribution in [0.2, 0.25) is 0 Å². The quantitative estimate of drug-likeness (QED) is 0.203. The van der Waals surface area contributed by atoms with Crippen LogP contribution in [0, 0.1) is 0 Å². The smallest absolute Gasteiger partial charge is 0.416 e. The maximum Gasteiger partial charge on any atom is 0.416 e. The van der Waals surface area contributed by atoms with E-state index >= 15 is 0 Å². The molecule has 0 saturated heterocycles. The molecule has 0 radical (unpaired) electrons. The molecule has 0 atom stereocenters. The molecular weight excluding hydrogens is 519 g/mol. The van der Waals surface area contributed by atoms with E-state index < -0.39 is 40.2 Å². The number of pyridine rings is 1. The van der Waals surface area contributed by atoms with E-state index in [2.05, 4.69) is 4.98 Å². The highest BCUT2D eigenvalue weighted by Crippen LogP contribution is 2.38. The largest absolute Gasteiger partial charge is 0.507 e. The highest BCUT2D eigenvalue weighted by Gasteiger charge is 2.30. The molecule has 0 unspecified atom stereocenters. The van der Waals surface area contributed by atoms with Gasteiger partial charge in [-0.25, -0.2) is 0 Å². The average molecular weight is 537 g/mol. The van der Waals surface area contributed by atoms with Crippen LogP contribution in [-0.4, -0.2) is 25.4 Å². The van der Waals surface area contributed by atoms with Crippen molar-refractivity contribution in [1.82, 2.24) is 4.98 Å². The van der Waals surface area contributed by atoms with Crippen LogP contribution < -0.4 is 10.2 Å². The number of phenols is 3. The third kappa shape index (κ3) is 5.01. The van der Waals surface area contributed by atoms with E-state index in [1.807, 2.05) is 0 Å². The summed E-state index contributed by atoms with van der Waals surface area (Å²) in [5.41, 5.74) is -0.0907. The van der Waals surface area contributed by atoms with Crippen LogP contribution in [0.25, 0.3) is 33.6 Å². The lowest BCUT2D eigenvalue weighted by Crippen LogP contribution is -2.04. The molecule has 0 aliphatic heterocycles. The van der Waals surface area contributed by atoms with Crippen LogP contribution >= 0.6 is 0 Å². The lowest BCUT2D eigenvalue weighted by atomic mass is 10.1. The van der Waals surface area contributed by atoms with Gasteiger partial charge in [0, 0.05) is 35.0 Å². The second-order valence-corrected chi connectivity index (χ2v) is 8.54. The number of hydrogen-bond acceptors (Lipinski definition) is 8. The number of aromatic hydroxyl groups is 4. The number of hydrogen-bond donors (Lipinski definition) is 4. The van der Waals surface area contributed by atoms with Crippen LogP contribution in [0.1, 0.15) is 11.1 Å². The van der Waals surface area contributed by atoms with Gasteiger partial charge in [-0.1, -0.05) is 18.2 Å². The van der Waals surface area contributed by atoms with Crippen LogP contribution in [-0.2, 0) is 12.8 Å². The number of fused-ring (bicyclic) bond motifs is 1. The van der Waals surface area contributed by atoms with E-state index in [-0.39, 0.29) is 34.6 Å². The van der Waals surface area contributed by atoms with Crippen molar-refractivity contribution in [2.75, 3.05) is 0 Å². The molecule has 5 aromatic rings. The fraction of sp³-hybridized carbons (Fsp3) is 0.0714. The fourth-order valence-electron chi connectivity index (χ4n) is 3.89. The molecule has 0 aliphatic carbocycles. The summed E-state index contributed by atoms with van der Waals surface area (Å²) in [5, 5.41) is 39.8. The first-order valence-corrected chi connectivity index (χ1v) is 11.3. The van der Waals surface area contributed by atoms with Crippen molar-refractivity contribution >= 4 is 11.0 Å². The Labute approximate surface area is 217 Å². The predicted molar refractivity (Wildman–Crippen MR) is 134 cm³/mol. The summed E-state index contributed by atoms with van der Waals surface area (Å²) in [4.78, 5) is 17.0. The highest BCUT2D eigenvalue weighted by molar-refractivity contribution is 5.88. The lowest BCUT2D eigenvalue weighted by Gasteiger charge is -2.11. The standard InChI is InChI=1S/C28H18F3NO7/c29-28(30,31)17-5-2-15(3-6-17)19-7-1-14(12-32-19)13-38-18-10-22(35)24-23(11-18)39-27(26(37)25(24)36)16-4-8-20(33)21(34)9-16/h1-12,33-35,37H,13H2. The van der Waals surface area contributed by atoms with Gasteiger partial charge in [0.15, 0.2) is 17.3 Å². The maximum absolute atomic E-state index is 12.8. The van der Waals surface area contributed by atoms with Gasteiger partial charge in [-0.15, -0.1) is 0 Å². The number of rotatable bonds is 5. The second-order valence-electron chi connectivity index (χ2n) is 8.54. The summed E-state index contributed by atoms with van der Waals surface area (Å²) in [6.45, 7) is -0.00769. The van der Waals surface area contributed by atoms with Gasteiger partial charge in [0.05, 0.1) is 11.3 Å². The maximum atomic E-state index is 12.8. The van der Waals surface area contributed by atoms with Crippen molar-refractivity contribution in [3.05, 3.63) is 94.3 Å². The zero-order chi connectivity index (χ0) is 27.9. The Morgan fingerprint density at radius 2 is 1.54 bits per heavy atom. The number of ether oxygens (including phenoxy) is 1. The van der Waals surface area contributed by atoms with Gasteiger partial charge in [-0.3, -0.25) is 9.78 Å². The molecule has 0 fully saturated rings. The number of benzene rings is 3. The molecule has 0 saturated carbocycles. The predicted octanol–water partition coefficient (Wildman–Crippen LogP) is 5.94. The van der Waals surface area contributed by atoms with Crippen molar-refractivity contribution in [3.63, 3.8) is 0 Å². The van der Waals surface area contributed by atoms with Gasteiger partial charge in [0.25, 0.3) is 0 Å². The zero-order valence-corrected chi connectivity index (χ0v) is 19.7. The first-order chi connectivity index (χ1) is 18.5. The van der Waals surface area contributed by atoms with Crippen LogP contribution in [0.4, 0.5) is 13.2 Å². The first-order valence-electron chi connectivity index (χ1n) is 11.3. The van der Waals surface area contributed by atoms with Crippen LogP contribution in [0.15, 0.2) is 82.1 Å². The first kappa shape index (κ1) is 25.5. The molecule has 3 aromatic carbocycles. The summed E-state index contributed by atoms with van der Waals surface area (Å²) >= 11 is 0. The number of aromatic nitrogens is 1. The van der Waals surface area contributed by atoms with E-state index in [9.17, 15) is 38.4 Å². The number of nitrogens with zero attached hydrogens (tertiary/aromatic N) is 1. The number of alkyl halides is 3. The molecule has 4 N–H and O–H groups in total. The van der Waals surface area contributed by atoms with Gasteiger partial charge in [0.1, 0.15) is 29.1 Å². The van der Waals surface area contributed by atoms with E-state index in [0.29, 0.717) is 16.8 Å². The van der Waals surface area contributed by atoms with Crippen molar-refractivity contribution in [2.24, 2.45) is 0 Å². The summed E-state index contributed by atoms with van der Waals surface area (Å²) in [7, 11) is 0. The SMILES string of the molecule is O=c1c(O)c(-c2ccc(O)c(O)c2)oc2cc(OCc3ccc(-c4ccc(C(F)(F)F)cc4)nc3)cc(O)c12. The minimum Gasteiger partial charge on any atom is -0.507 e. The molecular formula is C28H18F3NO7. The summed E-state index contributed by atoms with van der Waals surface area (Å²) < 4.78 is 49.7. The Hall–Kier alpha value is -5.19. The average Bonchev–Trinajstić information content (AvgIpc) is 2.91. The molecule has 5 rings (SSSR count). The molecule has 2 heterocycles. The fourth-order valence-corrected chi connectivity index (χ4v) is 3.89. The van der Waals surface area contributed by atoms with E-state index in [1.54, 1.807) is 12.1 Å². The van der Waals surface area contributed by atoms with E-state index in [0.717, 1.165) is 24.3 Å². The van der Waals surface area contributed by atoms with Gasteiger partial charge in [0.2, 0.25) is 11.2 Å². The van der Waals surface area contributed by atoms with Crippen LogP contribution in [0.3, 0.4) is 0 Å². The Kier molecular flexibility index (Phi) is 6.27. The Morgan fingerprint density at radius 1 is 0.821 bits per heavy atom. The Bertz CT molecular complexity index is 1750. The van der Waals surface area contributed by atoms with Crippen molar-refractivity contribution < 1.29 is 42.8 Å². The molecule has 0 spiro atoms. The van der Waals surface area contributed by atoms with Crippen molar-refractivity contribution in [3.8, 4) is 51.3 Å². The van der Waals surface area contributed by atoms with Gasteiger partial charge >= 0.3 is 6.18 Å². The molecule has 0 bridgehead atoms. The van der Waals surface area contributed by atoms with Crippen molar-refractivity contribution in [1.29, 1.82) is 0 Å². The normalized spacial score (nSPS) is 11.6. The molecule has 0 aliphatic rings. The molecule has 198 valence electrons. The third-order valence-electron chi connectivity index (χ3n) is 5.90. The number of phenolic OH excluding ortho intramolecular Hbond substituents is 3. The van der Waals surface area contributed by atoms with Gasteiger partial charge < -0.3 is 29.6 Å². The summed E-state index contributed by atoms with van der Waals surface area (Å²) in [6.07, 6.45) is -2.94. The Morgan fingerprint density at radius 3 is 2.18 bits per heavy atom. The highest BCUT2D eigenvalue weighted by atomic mass is 19.4. The third-order valence-corrected chi connectivity index (χ3v) is 5.90. The van der Waals surface area contributed by atoms with Crippen LogP contribution in [0.5, 0.6) is 28.7 Å². The minimum atomic E-state index is -4.43. The molecule has 8 nitrogen and oxygen atoms in total. The van der Waals surface area contributed by atoms with Crippen molar-refractivity contribution in [2.45, 2.75) is 12.8 Å². The number of halogens is 3. The van der Waals surface area contributed by atoms with E-state index in [1.165, 1.54) is 36.5 Å². The minimum absolute atomic E-state index is 0.00769. The lowest BCUT2D eigenvalue weighted by molar-refractivity contribution is -0.137. The molecule has 2 aromatic heterocycles. The van der Waals surface area contributed by atoms with Gasteiger partial charge in [-0.2, -0.15) is 13.2 Å². The zero-order valence-electron chi connectivity index (χ0n) is 19.7. The van der Waals surface area contributed by atoms with Gasteiger partial charge in [-0.05, 0) is 36.4 Å². The summed E-state index contributed by atoms with van der Waals surface area (Å²) in [5.74, 6) is -2.36. The summed E-state index contributed by atoms with van der Waals surface area (Å²) in [6, 6.07) is 14.0. The molecule has 0 amide bonds. The van der Waals surface area contributed by atoms with E-state index in [4.69, 9.17) is 9.15 Å². The Balaban J connectivity index is 1.38. The monoisotopic (exact) mass is 537 g/mol. The molecule has 39 heavy (non-hydrogen) atoms. The molecule has 11 heteroatoms. The topological polar surface area (TPSA) is 133 Å². The second kappa shape index (κ2) is 9.60.